The Bertz CT molecular complexity index is 1030. The third-order valence-corrected chi connectivity index (χ3v) is 7.67. The van der Waals surface area contributed by atoms with Gasteiger partial charge in [0, 0.05) is 4.88 Å². The average molecular weight is 407 g/mol. The molecule has 2 aromatic carbocycles. The molecule has 3 aromatic rings. The van der Waals surface area contributed by atoms with E-state index in [0.29, 0.717) is 0 Å². The quantitative estimate of drug-likeness (QED) is 0.555. The predicted octanol–water partition coefficient (Wildman–Crippen LogP) is 5.68. The van der Waals surface area contributed by atoms with E-state index in [9.17, 15) is 4.21 Å². The zero-order chi connectivity index (χ0) is 19.9. The van der Waals surface area contributed by atoms with Crippen molar-refractivity contribution in [3.05, 3.63) is 93.5 Å². The maximum Gasteiger partial charge on any atom is 0.304 e. The van der Waals surface area contributed by atoms with Gasteiger partial charge in [0.15, 0.2) is 0 Å². The Morgan fingerprint density at radius 1 is 1.00 bits per heavy atom. The van der Waals surface area contributed by atoms with Crippen molar-refractivity contribution in [1.29, 1.82) is 0 Å². The second kappa shape index (κ2) is 6.97. The SMILES string of the molecule is [C-]#[N+]C1([C@@H](NS(=O)C(C)(C)C)c2cccs2)c2ccccc2-c2ccccc21. The standard InChI is InChI=1S/C23H22N2OS2/c1-22(2,3)28(26)25-21(20-14-9-15-27-20)23(24-4)18-12-7-5-10-16(18)17-11-6-8-13-19(17)23/h5-15,21,25H,1-3H3/t21-,28?/m0/s1. The van der Waals surface area contributed by atoms with Crippen LogP contribution in [0.25, 0.3) is 16.0 Å². The Morgan fingerprint density at radius 3 is 2.04 bits per heavy atom. The zero-order valence-corrected chi connectivity index (χ0v) is 17.7. The van der Waals surface area contributed by atoms with E-state index in [1.54, 1.807) is 11.3 Å². The van der Waals surface area contributed by atoms with Crippen LogP contribution in [0.3, 0.4) is 0 Å². The third kappa shape index (κ3) is 2.84. The highest BCUT2D eigenvalue weighted by Crippen LogP contribution is 2.56. The summed E-state index contributed by atoms with van der Waals surface area (Å²) in [6, 6.07) is 19.8. The Balaban J connectivity index is 1.99. The van der Waals surface area contributed by atoms with Crippen LogP contribution < -0.4 is 4.72 Å². The van der Waals surface area contributed by atoms with Gasteiger partial charge in [-0.1, -0.05) is 42.5 Å². The zero-order valence-electron chi connectivity index (χ0n) is 16.1. The molecule has 1 aromatic heterocycles. The maximum absolute atomic E-state index is 13.1. The van der Waals surface area contributed by atoms with Crippen molar-refractivity contribution in [2.24, 2.45) is 0 Å². The largest absolute Gasteiger partial charge is 0.304 e. The molecule has 2 atom stereocenters. The number of benzene rings is 2. The number of thiophene rings is 1. The van der Waals surface area contributed by atoms with E-state index < -0.39 is 27.3 Å². The number of nitrogens with one attached hydrogen (secondary N) is 1. The topological polar surface area (TPSA) is 33.5 Å². The lowest BCUT2D eigenvalue weighted by Gasteiger charge is -2.31. The van der Waals surface area contributed by atoms with Crippen LogP contribution in [-0.4, -0.2) is 8.96 Å². The smallest absolute Gasteiger partial charge is 0.298 e. The van der Waals surface area contributed by atoms with Gasteiger partial charge < -0.3 is 0 Å². The van der Waals surface area contributed by atoms with Gasteiger partial charge in [0.2, 0.25) is 0 Å². The van der Waals surface area contributed by atoms with Crippen LogP contribution in [0.5, 0.6) is 0 Å². The molecule has 0 amide bonds. The highest BCUT2D eigenvalue weighted by molar-refractivity contribution is 7.84. The number of hydrogen-bond donors (Lipinski definition) is 1. The fraction of sp³-hybridized carbons (Fsp3) is 0.261. The Hall–Kier alpha value is -2.26. The van der Waals surface area contributed by atoms with Crippen LogP contribution in [0, 0.1) is 6.57 Å². The van der Waals surface area contributed by atoms with Gasteiger partial charge in [-0.05, 0) is 55.5 Å². The molecular weight excluding hydrogens is 384 g/mol. The van der Waals surface area contributed by atoms with E-state index >= 15 is 0 Å². The predicted molar refractivity (Wildman–Crippen MR) is 117 cm³/mol. The number of rotatable bonds is 4. The summed E-state index contributed by atoms with van der Waals surface area (Å²) in [6.45, 7) is 14.2. The minimum absolute atomic E-state index is 0.408. The molecule has 1 aliphatic rings. The second-order valence-corrected chi connectivity index (χ2v) is 10.9. The van der Waals surface area contributed by atoms with Crippen molar-refractivity contribution in [1.82, 2.24) is 4.72 Å². The molecule has 5 heteroatoms. The van der Waals surface area contributed by atoms with Crippen LogP contribution in [0.15, 0.2) is 66.0 Å². The first-order valence-corrected chi connectivity index (χ1v) is 11.2. The Morgan fingerprint density at radius 2 is 1.57 bits per heavy atom. The summed E-state index contributed by atoms with van der Waals surface area (Å²) in [5.41, 5.74) is 3.16. The summed E-state index contributed by atoms with van der Waals surface area (Å²) >= 11 is 1.59. The van der Waals surface area contributed by atoms with Gasteiger partial charge in [-0.2, -0.15) is 0 Å². The van der Waals surface area contributed by atoms with Crippen molar-refractivity contribution >= 4 is 22.3 Å². The van der Waals surface area contributed by atoms with E-state index in [1.165, 1.54) is 0 Å². The van der Waals surface area contributed by atoms with E-state index in [4.69, 9.17) is 6.57 Å². The first kappa shape index (κ1) is 19.1. The number of hydrogen-bond acceptors (Lipinski definition) is 2. The van der Waals surface area contributed by atoms with Crippen molar-refractivity contribution < 1.29 is 4.21 Å². The van der Waals surface area contributed by atoms with Crippen LogP contribution in [0.1, 0.15) is 42.8 Å². The molecule has 1 N–H and O–H groups in total. The normalized spacial score (nSPS) is 16.6. The highest BCUT2D eigenvalue weighted by Gasteiger charge is 2.57. The molecule has 3 nitrogen and oxygen atoms in total. The molecule has 0 saturated heterocycles. The fourth-order valence-corrected chi connectivity index (χ4v) is 5.61. The first-order chi connectivity index (χ1) is 13.4. The molecule has 1 aliphatic carbocycles. The lowest BCUT2D eigenvalue weighted by Crippen LogP contribution is -2.44. The third-order valence-electron chi connectivity index (χ3n) is 5.17. The van der Waals surface area contributed by atoms with Gasteiger partial charge >= 0.3 is 5.54 Å². The van der Waals surface area contributed by atoms with E-state index in [2.05, 4.69) is 21.7 Å². The number of fused-ring (bicyclic) bond motifs is 3. The lowest BCUT2D eigenvalue weighted by atomic mass is 9.81. The molecule has 0 fully saturated rings. The molecular formula is C23H22N2OS2. The molecule has 0 bridgehead atoms. The molecule has 0 saturated carbocycles. The maximum atomic E-state index is 13.1. The van der Waals surface area contributed by atoms with Crippen molar-refractivity contribution in [2.75, 3.05) is 0 Å². The summed E-state index contributed by atoms with van der Waals surface area (Å²) in [4.78, 5) is 5.27. The summed E-state index contributed by atoms with van der Waals surface area (Å²) in [6.07, 6.45) is 0. The van der Waals surface area contributed by atoms with Crippen LogP contribution in [0.4, 0.5) is 0 Å². The van der Waals surface area contributed by atoms with Crippen molar-refractivity contribution in [2.45, 2.75) is 37.1 Å². The average Bonchev–Trinajstić information content (AvgIpc) is 3.31. The number of nitrogens with zero attached hydrogens (tertiary/aromatic N) is 1. The molecule has 142 valence electrons. The van der Waals surface area contributed by atoms with Gasteiger partial charge in [-0.3, -0.25) is 4.85 Å². The van der Waals surface area contributed by atoms with Crippen LogP contribution >= 0.6 is 11.3 Å². The van der Waals surface area contributed by atoms with Gasteiger partial charge in [-0.15, -0.1) is 11.3 Å². The first-order valence-electron chi connectivity index (χ1n) is 9.19. The van der Waals surface area contributed by atoms with E-state index in [0.717, 1.165) is 27.1 Å². The van der Waals surface area contributed by atoms with Crippen molar-refractivity contribution in [3.8, 4) is 11.1 Å². The fourth-order valence-electron chi connectivity index (χ4n) is 3.83. The monoisotopic (exact) mass is 406 g/mol. The summed E-state index contributed by atoms with van der Waals surface area (Å²) < 4.78 is 16.0. The van der Waals surface area contributed by atoms with Crippen LogP contribution in [-0.2, 0) is 16.5 Å². The Labute approximate surface area is 172 Å². The van der Waals surface area contributed by atoms with Gasteiger partial charge in [0.1, 0.15) is 6.04 Å². The molecule has 28 heavy (non-hydrogen) atoms. The van der Waals surface area contributed by atoms with E-state index in [-0.39, 0.29) is 0 Å². The molecule has 0 spiro atoms. The van der Waals surface area contributed by atoms with Gasteiger partial charge in [-0.25, -0.2) is 15.5 Å². The Kier molecular flexibility index (Phi) is 4.75. The molecule has 1 unspecified atom stereocenters. The molecule has 0 aliphatic heterocycles. The van der Waals surface area contributed by atoms with Crippen LogP contribution in [0.2, 0.25) is 0 Å². The minimum atomic E-state index is -1.32. The summed E-state index contributed by atoms with van der Waals surface area (Å²) in [5.74, 6) is 0. The van der Waals surface area contributed by atoms with Crippen molar-refractivity contribution in [3.63, 3.8) is 0 Å². The molecule has 1 heterocycles. The summed E-state index contributed by atoms with van der Waals surface area (Å²) in [5, 5.41) is 2.01. The molecule has 4 rings (SSSR count). The highest BCUT2D eigenvalue weighted by atomic mass is 32.2. The minimum Gasteiger partial charge on any atom is -0.298 e. The lowest BCUT2D eigenvalue weighted by molar-refractivity contribution is 0.481. The van der Waals surface area contributed by atoms with Gasteiger partial charge in [0.25, 0.3) is 0 Å². The summed E-state index contributed by atoms with van der Waals surface area (Å²) in [7, 11) is -1.32. The molecule has 0 radical (unpaired) electrons. The second-order valence-electron chi connectivity index (χ2n) is 7.92. The van der Waals surface area contributed by atoms with E-state index in [1.807, 2.05) is 74.7 Å². The van der Waals surface area contributed by atoms with Gasteiger partial charge in [0.05, 0.1) is 26.9 Å².